The molecule has 0 aromatic heterocycles. The number of benzene rings is 1. The van der Waals surface area contributed by atoms with Crippen LogP contribution in [0.15, 0.2) is 51.4 Å². The zero-order valence-electron chi connectivity index (χ0n) is 17.5. The van der Waals surface area contributed by atoms with Gasteiger partial charge in [0.25, 0.3) is 5.91 Å². The standard InChI is InChI=1S/C22H25ClFN5O2/c1-12-20(23)13(2)29-21(26-12)15-10-28(11-17(15)27-29)22(30)14-5-3-4-6-18(14)31-19-7-8-25-9-16(19)24/h3-6,16-17,19,25,27H,7-11H2,1-2H3. The van der Waals surface area contributed by atoms with Gasteiger partial charge >= 0.3 is 0 Å². The molecule has 0 radical (unpaired) electrons. The predicted molar refractivity (Wildman–Crippen MR) is 117 cm³/mol. The number of hydrogen-bond acceptors (Lipinski definition) is 6. The number of carbonyl (C=O) groups is 1. The van der Waals surface area contributed by atoms with Gasteiger partial charge in [0.05, 0.1) is 28.0 Å². The first kappa shape index (κ1) is 20.5. The van der Waals surface area contributed by atoms with E-state index in [0.717, 1.165) is 22.8 Å². The fraction of sp³-hybridized carbons (Fsp3) is 0.455. The van der Waals surface area contributed by atoms with Crippen LogP contribution in [0.3, 0.4) is 0 Å². The molecule has 2 saturated heterocycles. The molecule has 1 aromatic carbocycles. The van der Waals surface area contributed by atoms with Crippen LogP contribution in [0.5, 0.6) is 5.75 Å². The first-order valence-electron chi connectivity index (χ1n) is 10.5. The van der Waals surface area contributed by atoms with Crippen molar-refractivity contribution in [2.24, 2.45) is 4.99 Å². The summed E-state index contributed by atoms with van der Waals surface area (Å²) in [5.41, 5.74) is 6.61. The Balaban J connectivity index is 1.37. The van der Waals surface area contributed by atoms with Gasteiger partial charge in [0, 0.05) is 25.2 Å². The number of allylic oxidation sites excluding steroid dienone is 2. The molecular weight excluding hydrogens is 421 g/mol. The van der Waals surface area contributed by atoms with Crippen molar-refractivity contribution < 1.29 is 13.9 Å². The second kappa shape index (κ2) is 7.93. The van der Waals surface area contributed by atoms with Gasteiger partial charge in [0.1, 0.15) is 23.8 Å². The number of halogens is 2. The predicted octanol–water partition coefficient (Wildman–Crippen LogP) is 2.57. The van der Waals surface area contributed by atoms with Crippen LogP contribution in [0.25, 0.3) is 0 Å². The highest BCUT2D eigenvalue weighted by Gasteiger charge is 2.42. The molecule has 0 aliphatic carbocycles. The second-order valence-corrected chi connectivity index (χ2v) is 8.69. The molecule has 5 rings (SSSR count). The van der Waals surface area contributed by atoms with Gasteiger partial charge in [-0.15, -0.1) is 0 Å². The number of amides is 1. The second-order valence-electron chi connectivity index (χ2n) is 8.31. The average Bonchev–Trinajstić information content (AvgIpc) is 3.33. The molecule has 9 heteroatoms. The minimum absolute atomic E-state index is 0.0132. The summed E-state index contributed by atoms with van der Waals surface area (Å²) >= 11 is 6.34. The maximum absolute atomic E-state index is 14.2. The average molecular weight is 446 g/mol. The number of nitrogens with zero attached hydrogens (tertiary/aromatic N) is 3. The number of para-hydroxylation sites is 1. The molecule has 31 heavy (non-hydrogen) atoms. The third-order valence-corrected chi connectivity index (χ3v) is 6.79. The Hall–Kier alpha value is -2.42. The van der Waals surface area contributed by atoms with Crippen LogP contribution < -0.4 is 15.5 Å². The van der Waals surface area contributed by atoms with E-state index in [0.29, 0.717) is 42.4 Å². The summed E-state index contributed by atoms with van der Waals surface area (Å²) in [5, 5.41) is 5.57. The topological polar surface area (TPSA) is 69.2 Å². The zero-order valence-corrected chi connectivity index (χ0v) is 18.2. The van der Waals surface area contributed by atoms with Crippen LogP contribution in [-0.4, -0.2) is 66.0 Å². The SMILES string of the molecule is CC1=NC2=C3CN(C(=O)c4ccccc4OC4CCNCC4F)CC3NN2C(C)=C1Cl. The molecule has 3 unspecified atom stereocenters. The summed E-state index contributed by atoms with van der Waals surface area (Å²) in [4.78, 5) is 19.8. The smallest absolute Gasteiger partial charge is 0.257 e. The summed E-state index contributed by atoms with van der Waals surface area (Å²) in [7, 11) is 0. The molecule has 164 valence electrons. The largest absolute Gasteiger partial charge is 0.486 e. The molecule has 4 aliphatic rings. The Morgan fingerprint density at radius 1 is 1.32 bits per heavy atom. The van der Waals surface area contributed by atoms with Crippen LogP contribution in [0.1, 0.15) is 30.6 Å². The fourth-order valence-electron chi connectivity index (χ4n) is 4.53. The summed E-state index contributed by atoms with van der Waals surface area (Å²) in [6, 6.07) is 7.08. The van der Waals surface area contributed by atoms with Crippen molar-refractivity contribution >= 4 is 23.2 Å². The third kappa shape index (κ3) is 3.52. The first-order chi connectivity index (χ1) is 14.9. The first-order valence-corrected chi connectivity index (χ1v) is 10.9. The Morgan fingerprint density at radius 2 is 2.13 bits per heavy atom. The van der Waals surface area contributed by atoms with Crippen molar-refractivity contribution in [2.75, 3.05) is 26.2 Å². The molecule has 1 aromatic rings. The number of carbonyl (C=O) groups excluding carboxylic acids is 1. The summed E-state index contributed by atoms with van der Waals surface area (Å²) < 4.78 is 20.2. The normalized spacial score (nSPS) is 28.0. The van der Waals surface area contributed by atoms with E-state index < -0.39 is 12.3 Å². The number of likely N-dealkylation sites (tertiary alicyclic amines) is 1. The minimum atomic E-state index is -1.10. The number of fused-ring (bicyclic) bond motifs is 2. The number of nitrogens with one attached hydrogen (secondary N) is 2. The monoisotopic (exact) mass is 445 g/mol. The molecule has 0 spiro atoms. The molecule has 0 bridgehead atoms. The molecule has 0 saturated carbocycles. The van der Waals surface area contributed by atoms with Gasteiger partial charge in [0.2, 0.25) is 0 Å². The molecule has 4 aliphatic heterocycles. The zero-order chi connectivity index (χ0) is 21.7. The van der Waals surface area contributed by atoms with Gasteiger partial charge < -0.3 is 15.0 Å². The Morgan fingerprint density at radius 3 is 2.94 bits per heavy atom. The lowest BCUT2D eigenvalue weighted by Gasteiger charge is -2.29. The quantitative estimate of drug-likeness (QED) is 0.748. The van der Waals surface area contributed by atoms with E-state index in [4.69, 9.17) is 16.3 Å². The van der Waals surface area contributed by atoms with Crippen molar-refractivity contribution in [3.05, 3.63) is 52.0 Å². The highest BCUT2D eigenvalue weighted by atomic mass is 35.5. The molecule has 4 heterocycles. The summed E-state index contributed by atoms with van der Waals surface area (Å²) in [6.07, 6.45) is -1.08. The maximum Gasteiger partial charge on any atom is 0.257 e. The number of aliphatic imine (C=N–C) groups is 1. The van der Waals surface area contributed by atoms with Crippen molar-refractivity contribution in [1.29, 1.82) is 0 Å². The van der Waals surface area contributed by atoms with E-state index in [1.165, 1.54) is 0 Å². The van der Waals surface area contributed by atoms with Crippen LogP contribution in [0, 0.1) is 0 Å². The van der Waals surface area contributed by atoms with Gasteiger partial charge in [0.15, 0.2) is 0 Å². The molecular formula is C22H25ClFN5O2. The summed E-state index contributed by atoms with van der Waals surface area (Å²) in [5.74, 6) is 1.13. The number of hydrogen-bond donors (Lipinski definition) is 2. The third-order valence-electron chi connectivity index (χ3n) is 6.24. The minimum Gasteiger partial charge on any atom is -0.486 e. The molecule has 2 fully saturated rings. The fourth-order valence-corrected chi connectivity index (χ4v) is 4.65. The number of piperidine rings is 1. The van der Waals surface area contributed by atoms with E-state index in [9.17, 15) is 9.18 Å². The maximum atomic E-state index is 14.2. The lowest BCUT2D eigenvalue weighted by Crippen LogP contribution is -2.44. The van der Waals surface area contributed by atoms with Gasteiger partial charge in [-0.05, 0) is 38.9 Å². The van der Waals surface area contributed by atoms with Gasteiger partial charge in [-0.2, -0.15) is 0 Å². The van der Waals surface area contributed by atoms with Gasteiger partial charge in [-0.25, -0.2) is 14.8 Å². The number of alkyl halides is 1. The van der Waals surface area contributed by atoms with Crippen LogP contribution >= 0.6 is 11.6 Å². The van der Waals surface area contributed by atoms with Crippen LogP contribution in [0.2, 0.25) is 0 Å². The summed E-state index contributed by atoms with van der Waals surface area (Å²) in [6.45, 7) is 5.79. The van der Waals surface area contributed by atoms with E-state index in [1.54, 1.807) is 23.1 Å². The lowest BCUT2D eigenvalue weighted by atomic mass is 10.1. The van der Waals surface area contributed by atoms with Crippen molar-refractivity contribution in [1.82, 2.24) is 20.7 Å². The Bertz CT molecular complexity index is 1020. The molecule has 7 nitrogen and oxygen atoms in total. The highest BCUT2D eigenvalue weighted by Crippen LogP contribution is 2.36. The molecule has 2 N–H and O–H groups in total. The van der Waals surface area contributed by atoms with Crippen LogP contribution in [0.4, 0.5) is 4.39 Å². The number of ether oxygens (including phenoxy) is 1. The number of rotatable bonds is 3. The van der Waals surface area contributed by atoms with E-state index >= 15 is 0 Å². The Kier molecular flexibility index (Phi) is 5.24. The molecule has 3 atom stereocenters. The highest BCUT2D eigenvalue weighted by molar-refractivity contribution is 6.43. The van der Waals surface area contributed by atoms with Gasteiger partial charge in [-0.1, -0.05) is 23.7 Å². The lowest BCUT2D eigenvalue weighted by molar-refractivity contribution is 0.0673. The van der Waals surface area contributed by atoms with Gasteiger partial charge in [-0.3, -0.25) is 9.80 Å². The van der Waals surface area contributed by atoms with Crippen molar-refractivity contribution in [3.8, 4) is 5.75 Å². The van der Waals surface area contributed by atoms with Crippen LogP contribution in [-0.2, 0) is 0 Å². The number of hydrazine groups is 1. The van der Waals surface area contributed by atoms with E-state index in [2.05, 4.69) is 15.7 Å². The van der Waals surface area contributed by atoms with Crippen molar-refractivity contribution in [3.63, 3.8) is 0 Å². The molecule has 1 amide bonds. The van der Waals surface area contributed by atoms with Crippen molar-refractivity contribution in [2.45, 2.75) is 38.6 Å². The van der Waals surface area contributed by atoms with E-state index in [-0.39, 0.29) is 18.5 Å². The van der Waals surface area contributed by atoms with E-state index in [1.807, 2.05) is 24.9 Å². The Labute approximate surface area is 185 Å².